The SMILES string of the molecule is F[C@H](OC(F)(F)F)C(F)(F)Oc1ccc(CBr)cc1. The lowest BCUT2D eigenvalue weighted by Gasteiger charge is -2.22. The molecular weight excluding hydrogens is 346 g/mol. The molecule has 0 aromatic heterocycles. The van der Waals surface area contributed by atoms with Gasteiger partial charge in [0.25, 0.3) is 0 Å². The van der Waals surface area contributed by atoms with Gasteiger partial charge in [0.2, 0.25) is 0 Å². The summed E-state index contributed by atoms with van der Waals surface area (Å²) in [6.07, 6.45) is -14.2. The number of ether oxygens (including phenoxy) is 2. The molecule has 0 saturated heterocycles. The standard InChI is InChI=1S/C10H7BrF6O2/c11-5-6-1-3-7(4-2-6)18-9(13,14)8(12)19-10(15,16)17/h1-4,8H,5H2/t8-/m1/s1. The zero-order valence-electron chi connectivity index (χ0n) is 9.06. The molecule has 108 valence electrons. The van der Waals surface area contributed by atoms with Crippen molar-refractivity contribution in [1.29, 1.82) is 0 Å². The molecule has 0 aliphatic heterocycles. The van der Waals surface area contributed by atoms with E-state index in [9.17, 15) is 26.3 Å². The van der Waals surface area contributed by atoms with E-state index in [-0.39, 0.29) is 0 Å². The van der Waals surface area contributed by atoms with E-state index >= 15 is 0 Å². The number of benzene rings is 1. The lowest BCUT2D eigenvalue weighted by atomic mass is 10.2. The van der Waals surface area contributed by atoms with Gasteiger partial charge in [0.1, 0.15) is 5.75 Å². The molecule has 1 atom stereocenters. The summed E-state index contributed by atoms with van der Waals surface area (Å²) in [4.78, 5) is 0. The molecule has 0 radical (unpaired) electrons. The van der Waals surface area contributed by atoms with Crippen LogP contribution in [0.4, 0.5) is 26.3 Å². The first kappa shape index (κ1) is 16.1. The average molecular weight is 353 g/mol. The molecule has 9 heteroatoms. The summed E-state index contributed by atoms with van der Waals surface area (Å²) in [6.45, 7) is 0. The summed E-state index contributed by atoms with van der Waals surface area (Å²) < 4.78 is 79.9. The van der Waals surface area contributed by atoms with E-state index in [4.69, 9.17) is 0 Å². The van der Waals surface area contributed by atoms with Crippen molar-refractivity contribution in [2.75, 3.05) is 0 Å². The molecule has 0 fully saturated rings. The molecule has 0 aliphatic carbocycles. The average Bonchev–Trinajstić information content (AvgIpc) is 2.27. The van der Waals surface area contributed by atoms with Crippen molar-refractivity contribution >= 4 is 15.9 Å². The summed E-state index contributed by atoms with van der Waals surface area (Å²) in [7, 11) is 0. The van der Waals surface area contributed by atoms with Gasteiger partial charge in [0.15, 0.2) is 0 Å². The first-order chi connectivity index (χ1) is 8.64. The molecular formula is C10H7BrF6O2. The maximum absolute atomic E-state index is 13.0. The van der Waals surface area contributed by atoms with Gasteiger partial charge in [0.05, 0.1) is 0 Å². The minimum Gasteiger partial charge on any atom is -0.429 e. The van der Waals surface area contributed by atoms with Gasteiger partial charge in [-0.2, -0.15) is 8.78 Å². The highest BCUT2D eigenvalue weighted by Crippen LogP contribution is 2.31. The van der Waals surface area contributed by atoms with E-state index in [0.717, 1.165) is 17.7 Å². The summed E-state index contributed by atoms with van der Waals surface area (Å²) >= 11 is 3.11. The van der Waals surface area contributed by atoms with E-state index in [1.807, 2.05) is 0 Å². The van der Waals surface area contributed by atoms with E-state index in [0.29, 0.717) is 5.33 Å². The molecule has 0 amide bonds. The third-order valence-electron chi connectivity index (χ3n) is 1.83. The number of halogens is 7. The maximum atomic E-state index is 13.0. The molecule has 1 aromatic carbocycles. The van der Waals surface area contributed by atoms with E-state index in [1.54, 1.807) is 0 Å². The maximum Gasteiger partial charge on any atom is 0.525 e. The fraction of sp³-hybridized carbons (Fsp3) is 0.400. The van der Waals surface area contributed by atoms with Gasteiger partial charge in [0, 0.05) is 5.33 Å². The van der Waals surface area contributed by atoms with Crippen LogP contribution in [-0.4, -0.2) is 18.8 Å². The number of rotatable bonds is 5. The fourth-order valence-corrected chi connectivity index (χ4v) is 1.41. The lowest BCUT2D eigenvalue weighted by Crippen LogP contribution is -2.41. The van der Waals surface area contributed by atoms with Crippen molar-refractivity contribution in [3.63, 3.8) is 0 Å². The van der Waals surface area contributed by atoms with Crippen LogP contribution in [0.3, 0.4) is 0 Å². The second-order valence-corrected chi connectivity index (χ2v) is 3.88. The minimum absolute atomic E-state index is 0.451. The van der Waals surface area contributed by atoms with E-state index in [1.165, 1.54) is 12.1 Å². The Morgan fingerprint density at radius 2 is 1.58 bits per heavy atom. The molecule has 0 bridgehead atoms. The van der Waals surface area contributed by atoms with Crippen LogP contribution in [0.2, 0.25) is 0 Å². The topological polar surface area (TPSA) is 18.5 Å². The highest BCUT2D eigenvalue weighted by Gasteiger charge is 2.50. The molecule has 1 aromatic rings. The van der Waals surface area contributed by atoms with Crippen LogP contribution in [0.25, 0.3) is 0 Å². The van der Waals surface area contributed by atoms with Crippen molar-refractivity contribution in [2.24, 2.45) is 0 Å². The summed E-state index contributed by atoms with van der Waals surface area (Å²) in [6, 6.07) is 4.92. The van der Waals surface area contributed by atoms with Crippen LogP contribution in [0.15, 0.2) is 24.3 Å². The Morgan fingerprint density at radius 1 is 1.05 bits per heavy atom. The van der Waals surface area contributed by atoms with E-state index in [2.05, 4.69) is 25.4 Å². The second kappa shape index (κ2) is 6.00. The van der Waals surface area contributed by atoms with Crippen LogP contribution < -0.4 is 4.74 Å². The molecule has 0 heterocycles. The highest BCUT2D eigenvalue weighted by atomic mass is 79.9. The highest BCUT2D eigenvalue weighted by molar-refractivity contribution is 9.08. The van der Waals surface area contributed by atoms with Gasteiger partial charge in [-0.05, 0) is 17.7 Å². The van der Waals surface area contributed by atoms with Crippen LogP contribution >= 0.6 is 15.9 Å². The van der Waals surface area contributed by atoms with Crippen LogP contribution in [-0.2, 0) is 10.1 Å². The predicted octanol–water partition coefficient (Wildman–Crippen LogP) is 4.39. The van der Waals surface area contributed by atoms with Crippen molar-refractivity contribution in [1.82, 2.24) is 0 Å². The van der Waals surface area contributed by atoms with Crippen LogP contribution in [0.5, 0.6) is 5.75 Å². The zero-order chi connectivity index (χ0) is 14.7. The van der Waals surface area contributed by atoms with Crippen molar-refractivity contribution in [3.05, 3.63) is 29.8 Å². The minimum atomic E-state index is -5.52. The third-order valence-corrected chi connectivity index (χ3v) is 2.48. The molecule has 0 saturated carbocycles. The second-order valence-electron chi connectivity index (χ2n) is 3.32. The Balaban J connectivity index is 2.71. The molecule has 1 rings (SSSR count). The largest absolute Gasteiger partial charge is 0.525 e. The molecule has 19 heavy (non-hydrogen) atoms. The Hall–Kier alpha value is -0.960. The normalized spacial score (nSPS) is 14.3. The summed E-state index contributed by atoms with van der Waals surface area (Å²) in [5, 5.41) is 0.451. The Kier molecular flexibility index (Phi) is 5.08. The van der Waals surface area contributed by atoms with E-state index < -0.39 is 24.6 Å². The van der Waals surface area contributed by atoms with Gasteiger partial charge >= 0.3 is 18.8 Å². The molecule has 0 aliphatic rings. The molecule has 0 spiro atoms. The van der Waals surface area contributed by atoms with Crippen LogP contribution in [0, 0.1) is 0 Å². The Morgan fingerprint density at radius 3 is 2.00 bits per heavy atom. The quantitative estimate of drug-likeness (QED) is 0.578. The van der Waals surface area contributed by atoms with Crippen molar-refractivity contribution in [3.8, 4) is 5.75 Å². The van der Waals surface area contributed by atoms with Crippen molar-refractivity contribution < 1.29 is 35.8 Å². The number of hydrogen-bond donors (Lipinski definition) is 0. The van der Waals surface area contributed by atoms with Gasteiger partial charge < -0.3 is 4.74 Å². The number of alkyl halides is 7. The van der Waals surface area contributed by atoms with Crippen molar-refractivity contribution in [2.45, 2.75) is 24.2 Å². The monoisotopic (exact) mass is 352 g/mol. The number of hydrogen-bond acceptors (Lipinski definition) is 2. The van der Waals surface area contributed by atoms with Gasteiger partial charge in [-0.15, -0.1) is 13.2 Å². The predicted molar refractivity (Wildman–Crippen MR) is 56.7 cm³/mol. The summed E-state index contributed by atoms with van der Waals surface area (Å²) in [5.74, 6) is -0.483. The molecule has 0 N–H and O–H groups in total. The van der Waals surface area contributed by atoms with Crippen LogP contribution in [0.1, 0.15) is 5.56 Å². The smallest absolute Gasteiger partial charge is 0.429 e. The van der Waals surface area contributed by atoms with Gasteiger partial charge in [-0.25, -0.2) is 9.13 Å². The van der Waals surface area contributed by atoms with Gasteiger partial charge in [-0.1, -0.05) is 28.1 Å². The lowest BCUT2D eigenvalue weighted by molar-refractivity contribution is -0.411. The Labute approximate surface area is 112 Å². The third kappa shape index (κ3) is 5.27. The fourth-order valence-electron chi connectivity index (χ4n) is 1.04. The van der Waals surface area contributed by atoms with Gasteiger partial charge in [-0.3, -0.25) is 0 Å². The zero-order valence-corrected chi connectivity index (χ0v) is 10.6. The first-order valence-electron chi connectivity index (χ1n) is 4.74. The molecule has 2 nitrogen and oxygen atoms in total. The first-order valence-corrected chi connectivity index (χ1v) is 5.86. The molecule has 0 unspecified atom stereocenters. The summed E-state index contributed by atoms with van der Waals surface area (Å²) in [5.41, 5.74) is 0.721. The Bertz CT molecular complexity index is 405.